The number of aliphatic hydroxyl groups is 1. The number of hydrogen-bond acceptors (Lipinski definition) is 3. The summed E-state index contributed by atoms with van der Waals surface area (Å²) in [6.45, 7) is 0. The van der Waals surface area contributed by atoms with Gasteiger partial charge in [-0.1, -0.05) is 18.3 Å². The van der Waals surface area contributed by atoms with E-state index < -0.39 is 11.2 Å². The van der Waals surface area contributed by atoms with Crippen molar-refractivity contribution in [1.82, 2.24) is 0 Å². The average Bonchev–Trinajstić information content (AvgIpc) is 2.76. The van der Waals surface area contributed by atoms with Crippen molar-refractivity contribution in [2.45, 2.75) is 69.0 Å². The molecule has 0 aromatic heterocycles. The summed E-state index contributed by atoms with van der Waals surface area (Å²) in [4.78, 5) is 4.60. The van der Waals surface area contributed by atoms with E-state index >= 15 is 0 Å². The summed E-state index contributed by atoms with van der Waals surface area (Å²) in [7, 11) is 0. The van der Waals surface area contributed by atoms with E-state index in [1.165, 1.54) is 6.42 Å². The largest absolute Gasteiger partial charge is 0.378 e. The second-order valence-electron chi connectivity index (χ2n) is 5.13. The molecule has 0 aromatic carbocycles. The molecular weight excluding hydrogens is 204 g/mol. The van der Waals surface area contributed by atoms with Crippen LogP contribution in [0.1, 0.15) is 57.8 Å². The third kappa shape index (κ3) is 2.57. The van der Waals surface area contributed by atoms with E-state index in [-0.39, 0.29) is 0 Å². The fourth-order valence-corrected chi connectivity index (χ4v) is 2.68. The van der Waals surface area contributed by atoms with Gasteiger partial charge < -0.3 is 5.11 Å². The molecule has 2 aliphatic carbocycles. The Hall–Kier alpha value is -0.560. The van der Waals surface area contributed by atoms with Gasteiger partial charge in [-0.15, -0.1) is 0 Å². The monoisotopic (exact) mass is 224 g/mol. The van der Waals surface area contributed by atoms with E-state index in [0.29, 0.717) is 0 Å². The summed E-state index contributed by atoms with van der Waals surface area (Å²) in [6, 6.07) is 0. The summed E-state index contributed by atoms with van der Waals surface area (Å²) < 4.78 is 0. The lowest BCUT2D eigenvalue weighted by molar-refractivity contribution is -0.310. The van der Waals surface area contributed by atoms with Gasteiger partial charge in [-0.25, -0.2) is 4.89 Å². The SMILES string of the molecule is OOC1(C#CC2(O)CCCC2)CCCCC1. The Balaban J connectivity index is 2.08. The molecule has 0 aliphatic heterocycles. The van der Waals surface area contributed by atoms with Gasteiger partial charge in [-0.3, -0.25) is 5.26 Å². The molecule has 0 spiro atoms. The topological polar surface area (TPSA) is 49.7 Å². The Kier molecular flexibility index (Phi) is 3.53. The normalized spacial score (nSPS) is 27.1. The number of hydrogen-bond donors (Lipinski definition) is 2. The summed E-state index contributed by atoms with van der Waals surface area (Å²) in [6.07, 6.45) is 8.37. The second kappa shape index (κ2) is 4.75. The molecular formula is C13H20O3. The van der Waals surface area contributed by atoms with Crippen LogP contribution in [0.15, 0.2) is 0 Å². The first-order valence-corrected chi connectivity index (χ1v) is 6.27. The van der Waals surface area contributed by atoms with Gasteiger partial charge in [0.05, 0.1) is 0 Å². The van der Waals surface area contributed by atoms with E-state index in [2.05, 4.69) is 16.7 Å². The maximum Gasteiger partial charge on any atom is 0.163 e. The first kappa shape index (κ1) is 11.9. The lowest BCUT2D eigenvalue weighted by Crippen LogP contribution is -2.33. The maximum absolute atomic E-state index is 10.1. The lowest BCUT2D eigenvalue weighted by atomic mass is 9.84. The fourth-order valence-electron chi connectivity index (χ4n) is 2.68. The van der Waals surface area contributed by atoms with Crippen molar-refractivity contribution in [3.63, 3.8) is 0 Å². The van der Waals surface area contributed by atoms with Gasteiger partial charge in [-0.2, -0.15) is 0 Å². The van der Waals surface area contributed by atoms with Crippen LogP contribution in [0.5, 0.6) is 0 Å². The van der Waals surface area contributed by atoms with Crippen LogP contribution < -0.4 is 0 Å². The Morgan fingerprint density at radius 1 is 0.812 bits per heavy atom. The molecule has 0 radical (unpaired) electrons. The first-order valence-electron chi connectivity index (χ1n) is 6.27. The van der Waals surface area contributed by atoms with E-state index in [9.17, 15) is 5.11 Å². The molecule has 2 fully saturated rings. The van der Waals surface area contributed by atoms with Crippen molar-refractivity contribution in [2.24, 2.45) is 0 Å². The molecule has 2 saturated carbocycles. The Labute approximate surface area is 96.7 Å². The van der Waals surface area contributed by atoms with Gasteiger partial charge in [0.25, 0.3) is 0 Å². The zero-order valence-electron chi connectivity index (χ0n) is 9.67. The highest BCUT2D eigenvalue weighted by molar-refractivity contribution is 5.23. The van der Waals surface area contributed by atoms with Crippen molar-refractivity contribution >= 4 is 0 Å². The molecule has 16 heavy (non-hydrogen) atoms. The summed E-state index contributed by atoms with van der Waals surface area (Å²) in [5, 5.41) is 19.1. The minimum Gasteiger partial charge on any atom is -0.378 e. The van der Waals surface area contributed by atoms with Crippen LogP contribution in [0.3, 0.4) is 0 Å². The van der Waals surface area contributed by atoms with Crippen LogP contribution >= 0.6 is 0 Å². The Bertz CT molecular complexity index is 288. The van der Waals surface area contributed by atoms with Gasteiger partial charge in [0.2, 0.25) is 0 Å². The highest BCUT2D eigenvalue weighted by Crippen LogP contribution is 2.32. The molecule has 0 amide bonds. The Morgan fingerprint density at radius 2 is 1.38 bits per heavy atom. The molecule has 0 bridgehead atoms. The van der Waals surface area contributed by atoms with Crippen molar-refractivity contribution in [1.29, 1.82) is 0 Å². The third-order valence-corrected chi connectivity index (χ3v) is 3.79. The van der Waals surface area contributed by atoms with Gasteiger partial charge in [-0.05, 0) is 51.4 Å². The fraction of sp³-hybridized carbons (Fsp3) is 0.846. The van der Waals surface area contributed by atoms with E-state index in [0.717, 1.165) is 51.4 Å². The van der Waals surface area contributed by atoms with E-state index in [1.54, 1.807) is 0 Å². The predicted octanol–water partition coefficient (Wildman–Crippen LogP) is 2.49. The van der Waals surface area contributed by atoms with Gasteiger partial charge in [0.1, 0.15) is 5.60 Å². The summed E-state index contributed by atoms with van der Waals surface area (Å²) in [5.41, 5.74) is -1.54. The molecule has 3 heteroatoms. The molecule has 0 saturated heterocycles. The van der Waals surface area contributed by atoms with Crippen molar-refractivity contribution < 1.29 is 15.3 Å². The zero-order chi connectivity index (χ0) is 11.5. The van der Waals surface area contributed by atoms with Crippen LogP contribution in [0.2, 0.25) is 0 Å². The minimum absolute atomic E-state index is 0.712. The molecule has 2 rings (SSSR count). The van der Waals surface area contributed by atoms with Crippen LogP contribution in [0.4, 0.5) is 0 Å². The molecule has 2 aliphatic rings. The first-order chi connectivity index (χ1) is 7.68. The van der Waals surface area contributed by atoms with Crippen LogP contribution in [0, 0.1) is 11.8 Å². The predicted molar refractivity (Wildman–Crippen MR) is 60.7 cm³/mol. The van der Waals surface area contributed by atoms with Gasteiger partial charge >= 0.3 is 0 Å². The van der Waals surface area contributed by atoms with Crippen molar-refractivity contribution in [3.8, 4) is 11.8 Å². The average molecular weight is 224 g/mol. The van der Waals surface area contributed by atoms with E-state index in [1.807, 2.05) is 0 Å². The quantitative estimate of drug-likeness (QED) is 0.409. The lowest BCUT2D eigenvalue weighted by Gasteiger charge is -2.29. The molecule has 3 nitrogen and oxygen atoms in total. The summed E-state index contributed by atoms with van der Waals surface area (Å²) in [5.74, 6) is 5.94. The highest BCUT2D eigenvalue weighted by atomic mass is 17.1. The minimum atomic E-state index is -0.830. The molecule has 0 unspecified atom stereocenters. The second-order valence-corrected chi connectivity index (χ2v) is 5.13. The van der Waals surface area contributed by atoms with Crippen LogP contribution in [-0.2, 0) is 4.89 Å². The molecule has 90 valence electrons. The third-order valence-electron chi connectivity index (χ3n) is 3.79. The van der Waals surface area contributed by atoms with Crippen molar-refractivity contribution in [3.05, 3.63) is 0 Å². The van der Waals surface area contributed by atoms with Crippen LogP contribution in [-0.4, -0.2) is 21.6 Å². The molecule has 0 atom stereocenters. The molecule has 2 N–H and O–H groups in total. The molecule has 0 aromatic rings. The maximum atomic E-state index is 10.1. The zero-order valence-corrected chi connectivity index (χ0v) is 9.67. The highest BCUT2D eigenvalue weighted by Gasteiger charge is 2.34. The van der Waals surface area contributed by atoms with E-state index in [4.69, 9.17) is 5.26 Å². The van der Waals surface area contributed by atoms with Gasteiger partial charge in [0.15, 0.2) is 5.60 Å². The molecule has 0 heterocycles. The number of rotatable bonds is 1. The van der Waals surface area contributed by atoms with Crippen LogP contribution in [0.25, 0.3) is 0 Å². The van der Waals surface area contributed by atoms with Crippen molar-refractivity contribution in [2.75, 3.05) is 0 Å². The summed E-state index contributed by atoms with van der Waals surface area (Å²) >= 11 is 0. The Morgan fingerprint density at radius 3 is 1.94 bits per heavy atom. The smallest absolute Gasteiger partial charge is 0.163 e. The van der Waals surface area contributed by atoms with Gasteiger partial charge in [0, 0.05) is 0 Å². The standard InChI is InChI=1S/C13H20O3/c14-12(6-4-5-7-12)10-11-13(16-15)8-2-1-3-9-13/h14-15H,1-9H2.